The zero-order valence-electron chi connectivity index (χ0n) is 10.7. The van der Waals surface area contributed by atoms with Crippen molar-refractivity contribution >= 4 is 44.0 Å². The van der Waals surface area contributed by atoms with Crippen LogP contribution in [-0.4, -0.2) is 11.3 Å². The Hall–Kier alpha value is -1.58. The largest absolute Gasteiger partial charge is 0.506 e. The van der Waals surface area contributed by atoms with Crippen LogP contribution in [0.3, 0.4) is 0 Å². The summed E-state index contributed by atoms with van der Waals surface area (Å²) in [6.45, 7) is 3.59. The fourth-order valence-electron chi connectivity index (χ4n) is 1.64. The van der Waals surface area contributed by atoms with Gasteiger partial charge in [-0.25, -0.2) is 4.99 Å². The molecule has 6 heteroatoms. The van der Waals surface area contributed by atoms with E-state index in [9.17, 15) is 5.11 Å². The minimum Gasteiger partial charge on any atom is -0.506 e. The first-order chi connectivity index (χ1) is 9.43. The predicted molar refractivity (Wildman–Crippen MR) is 83.7 cm³/mol. The lowest BCUT2D eigenvalue weighted by molar-refractivity contribution is 0.471. The molecule has 0 bridgehead atoms. The molecule has 1 aromatic heterocycles. The number of aryl methyl sites for hydroxylation is 1. The van der Waals surface area contributed by atoms with E-state index in [1.54, 1.807) is 19.1 Å². The molecule has 0 aliphatic heterocycles. The van der Waals surface area contributed by atoms with E-state index in [0.717, 1.165) is 10.0 Å². The fourth-order valence-corrected chi connectivity index (χ4v) is 2.90. The number of aromatic hydroxyl groups is 1. The number of furan rings is 1. The molecule has 0 fully saturated rings. The number of nitriles is 1. The Morgan fingerprint density at radius 1 is 1.35 bits per heavy atom. The van der Waals surface area contributed by atoms with E-state index in [2.05, 4.69) is 42.9 Å². The average Bonchev–Trinajstić information content (AvgIpc) is 2.67. The quantitative estimate of drug-likeness (QED) is 0.743. The zero-order chi connectivity index (χ0) is 14.9. The number of aliphatic imine (C=N–C) groups is 1. The normalized spacial score (nSPS) is 10.9. The van der Waals surface area contributed by atoms with Crippen molar-refractivity contribution in [2.45, 2.75) is 13.8 Å². The first kappa shape index (κ1) is 14.8. The number of rotatable bonds is 2. The standard InChI is InChI=1S/C14H10Br2N2O2/c1-7-8(2)20-14(11(7)5-17)18-6-9-3-10(15)4-12(16)13(9)19/h3-4,6,19H,1-2H3. The van der Waals surface area contributed by atoms with Crippen molar-refractivity contribution in [2.75, 3.05) is 0 Å². The van der Waals surface area contributed by atoms with Crippen LogP contribution in [0.1, 0.15) is 22.5 Å². The summed E-state index contributed by atoms with van der Waals surface area (Å²) in [4.78, 5) is 4.16. The van der Waals surface area contributed by atoms with Crippen molar-refractivity contribution in [2.24, 2.45) is 4.99 Å². The van der Waals surface area contributed by atoms with Gasteiger partial charge in [0.2, 0.25) is 5.88 Å². The molecule has 4 nitrogen and oxygen atoms in total. The van der Waals surface area contributed by atoms with Crippen molar-refractivity contribution in [3.8, 4) is 11.8 Å². The van der Waals surface area contributed by atoms with Crippen LogP contribution < -0.4 is 0 Å². The van der Waals surface area contributed by atoms with Crippen molar-refractivity contribution in [3.63, 3.8) is 0 Å². The van der Waals surface area contributed by atoms with E-state index in [4.69, 9.17) is 9.68 Å². The Morgan fingerprint density at radius 3 is 2.70 bits per heavy atom. The maximum atomic E-state index is 9.93. The number of phenolic OH excluding ortho intramolecular Hbond substituents is 1. The highest BCUT2D eigenvalue weighted by molar-refractivity contribution is 9.11. The smallest absolute Gasteiger partial charge is 0.237 e. The highest BCUT2D eigenvalue weighted by atomic mass is 79.9. The molecule has 0 spiro atoms. The summed E-state index contributed by atoms with van der Waals surface area (Å²) in [5, 5.41) is 19.0. The number of hydrogen-bond donors (Lipinski definition) is 1. The molecule has 0 saturated heterocycles. The van der Waals surface area contributed by atoms with E-state index in [0.29, 0.717) is 21.4 Å². The van der Waals surface area contributed by atoms with Gasteiger partial charge in [0.05, 0.1) is 4.47 Å². The molecule has 1 N–H and O–H groups in total. The monoisotopic (exact) mass is 396 g/mol. The topological polar surface area (TPSA) is 69.5 Å². The second kappa shape index (κ2) is 5.81. The minimum absolute atomic E-state index is 0.0791. The molecule has 0 aliphatic carbocycles. The van der Waals surface area contributed by atoms with Gasteiger partial charge >= 0.3 is 0 Å². The van der Waals surface area contributed by atoms with Gasteiger partial charge in [-0.15, -0.1) is 0 Å². The Balaban J connectivity index is 2.45. The van der Waals surface area contributed by atoms with Crippen LogP contribution >= 0.6 is 31.9 Å². The SMILES string of the molecule is Cc1oc(N=Cc2cc(Br)cc(Br)c2O)c(C#N)c1C. The van der Waals surface area contributed by atoms with E-state index in [1.807, 2.05) is 6.92 Å². The van der Waals surface area contributed by atoms with Crippen molar-refractivity contribution in [3.05, 3.63) is 43.5 Å². The van der Waals surface area contributed by atoms with Crippen molar-refractivity contribution < 1.29 is 9.52 Å². The van der Waals surface area contributed by atoms with E-state index in [1.165, 1.54) is 6.21 Å². The number of phenols is 1. The number of nitrogens with zero attached hydrogens (tertiary/aromatic N) is 2. The first-order valence-corrected chi connectivity index (χ1v) is 7.24. The molecular weight excluding hydrogens is 388 g/mol. The molecule has 1 heterocycles. The van der Waals surface area contributed by atoms with E-state index < -0.39 is 0 Å². The molecule has 0 saturated carbocycles. The fraction of sp³-hybridized carbons (Fsp3) is 0.143. The van der Waals surface area contributed by atoms with Crippen LogP contribution in [0.2, 0.25) is 0 Å². The lowest BCUT2D eigenvalue weighted by Crippen LogP contribution is -1.84. The molecule has 0 aliphatic rings. The van der Waals surface area contributed by atoms with Crippen LogP contribution in [-0.2, 0) is 0 Å². The number of halogens is 2. The summed E-state index contributed by atoms with van der Waals surface area (Å²) in [5.74, 6) is 0.988. The summed E-state index contributed by atoms with van der Waals surface area (Å²) in [5.41, 5.74) is 1.70. The van der Waals surface area contributed by atoms with E-state index >= 15 is 0 Å². The van der Waals surface area contributed by atoms with Crippen molar-refractivity contribution in [1.82, 2.24) is 0 Å². The summed E-state index contributed by atoms with van der Waals surface area (Å²) in [6.07, 6.45) is 1.46. The third-order valence-electron chi connectivity index (χ3n) is 2.86. The lowest BCUT2D eigenvalue weighted by atomic mass is 10.2. The summed E-state index contributed by atoms with van der Waals surface area (Å²) >= 11 is 6.59. The predicted octanol–water partition coefficient (Wildman–Crippen LogP) is 4.75. The third kappa shape index (κ3) is 2.79. The first-order valence-electron chi connectivity index (χ1n) is 5.66. The Kier molecular flexibility index (Phi) is 4.31. The Labute approximate surface area is 133 Å². The van der Waals surface area contributed by atoms with Gasteiger partial charge in [-0.05, 0) is 41.9 Å². The van der Waals surface area contributed by atoms with Gasteiger partial charge in [0.25, 0.3) is 0 Å². The van der Waals surface area contributed by atoms with Gasteiger partial charge in [-0.3, -0.25) is 0 Å². The summed E-state index contributed by atoms with van der Waals surface area (Å²) in [6, 6.07) is 5.52. The molecule has 2 rings (SSSR count). The zero-order valence-corrected chi connectivity index (χ0v) is 13.9. The second-order valence-electron chi connectivity index (χ2n) is 4.16. The molecule has 1 aromatic carbocycles. The van der Waals surface area contributed by atoms with E-state index in [-0.39, 0.29) is 11.6 Å². The Bertz CT molecular complexity index is 739. The van der Waals surface area contributed by atoms with Crippen LogP contribution in [0, 0.1) is 25.2 Å². The minimum atomic E-state index is 0.0791. The molecule has 20 heavy (non-hydrogen) atoms. The van der Waals surface area contributed by atoms with Gasteiger partial charge in [-0.2, -0.15) is 5.26 Å². The molecule has 0 amide bonds. The third-order valence-corrected chi connectivity index (χ3v) is 3.92. The van der Waals surface area contributed by atoms with Crippen LogP contribution in [0.25, 0.3) is 0 Å². The van der Waals surface area contributed by atoms with Gasteiger partial charge in [0.15, 0.2) is 0 Å². The van der Waals surface area contributed by atoms with Gasteiger partial charge < -0.3 is 9.52 Å². The number of hydrogen-bond acceptors (Lipinski definition) is 4. The maximum Gasteiger partial charge on any atom is 0.237 e. The molecule has 0 unspecified atom stereocenters. The average molecular weight is 398 g/mol. The van der Waals surface area contributed by atoms with Crippen LogP contribution in [0.4, 0.5) is 5.88 Å². The van der Waals surface area contributed by atoms with Crippen LogP contribution in [0.15, 0.2) is 30.5 Å². The molecule has 102 valence electrons. The molecular formula is C14H10Br2N2O2. The lowest BCUT2D eigenvalue weighted by Gasteiger charge is -2.02. The highest BCUT2D eigenvalue weighted by Gasteiger charge is 2.13. The van der Waals surface area contributed by atoms with Crippen LogP contribution in [0.5, 0.6) is 5.75 Å². The highest BCUT2D eigenvalue weighted by Crippen LogP contribution is 2.32. The van der Waals surface area contributed by atoms with Gasteiger partial charge in [0, 0.05) is 21.8 Å². The summed E-state index contributed by atoms with van der Waals surface area (Å²) in [7, 11) is 0. The molecule has 2 aromatic rings. The summed E-state index contributed by atoms with van der Waals surface area (Å²) < 4.78 is 6.79. The second-order valence-corrected chi connectivity index (χ2v) is 5.93. The van der Waals surface area contributed by atoms with Gasteiger partial charge in [0.1, 0.15) is 23.1 Å². The maximum absolute atomic E-state index is 9.93. The molecule has 0 atom stereocenters. The van der Waals surface area contributed by atoms with Crippen molar-refractivity contribution in [1.29, 1.82) is 5.26 Å². The van der Waals surface area contributed by atoms with Gasteiger partial charge in [-0.1, -0.05) is 15.9 Å². The molecule has 0 radical (unpaired) electrons. The Morgan fingerprint density at radius 2 is 2.05 bits per heavy atom. The number of benzene rings is 1.